The zero-order valence-electron chi connectivity index (χ0n) is 10.5. The van der Waals surface area contributed by atoms with Crippen molar-refractivity contribution >= 4 is 5.91 Å². The Morgan fingerprint density at radius 2 is 2.12 bits per heavy atom. The highest BCUT2D eigenvalue weighted by Gasteiger charge is 2.17. The van der Waals surface area contributed by atoms with Crippen molar-refractivity contribution in [3.63, 3.8) is 0 Å². The van der Waals surface area contributed by atoms with Crippen molar-refractivity contribution < 1.29 is 4.79 Å². The van der Waals surface area contributed by atoms with Crippen LogP contribution in [0.3, 0.4) is 0 Å². The molecule has 17 heavy (non-hydrogen) atoms. The van der Waals surface area contributed by atoms with Crippen LogP contribution in [0.4, 0.5) is 0 Å². The summed E-state index contributed by atoms with van der Waals surface area (Å²) < 4.78 is 0. The molecule has 0 atom stereocenters. The van der Waals surface area contributed by atoms with Crippen LogP contribution in [0.2, 0.25) is 0 Å². The van der Waals surface area contributed by atoms with Crippen molar-refractivity contribution in [1.82, 2.24) is 10.6 Å². The smallest absolute Gasteiger partial charge is 0.263 e. The van der Waals surface area contributed by atoms with E-state index in [1.807, 2.05) is 13.0 Å². The van der Waals surface area contributed by atoms with Crippen molar-refractivity contribution in [2.75, 3.05) is 6.54 Å². The van der Waals surface area contributed by atoms with Crippen LogP contribution < -0.4 is 10.6 Å². The molecule has 2 N–H and O–H groups in total. The first-order valence-corrected chi connectivity index (χ1v) is 6.42. The fourth-order valence-corrected chi connectivity index (χ4v) is 1.98. The van der Waals surface area contributed by atoms with Gasteiger partial charge in [0, 0.05) is 18.8 Å². The molecule has 94 valence electrons. The Kier molecular flexibility index (Phi) is 6.16. The van der Waals surface area contributed by atoms with Gasteiger partial charge in [-0.1, -0.05) is 26.2 Å². The molecule has 0 radical (unpaired) electrons. The van der Waals surface area contributed by atoms with Crippen molar-refractivity contribution in [1.29, 1.82) is 5.26 Å². The van der Waals surface area contributed by atoms with Gasteiger partial charge in [0.1, 0.15) is 11.6 Å². The molecule has 0 aliphatic heterocycles. The van der Waals surface area contributed by atoms with Crippen LogP contribution in [0.5, 0.6) is 0 Å². The molecule has 4 nitrogen and oxygen atoms in total. The number of hydrogen-bond donors (Lipinski definition) is 2. The van der Waals surface area contributed by atoms with Crippen LogP contribution in [-0.4, -0.2) is 18.5 Å². The molecule has 4 heteroatoms. The molecule has 0 aromatic rings. The third-order valence-corrected chi connectivity index (χ3v) is 2.95. The highest BCUT2D eigenvalue weighted by molar-refractivity contribution is 5.97. The van der Waals surface area contributed by atoms with E-state index >= 15 is 0 Å². The Morgan fingerprint density at radius 1 is 1.41 bits per heavy atom. The second-order valence-electron chi connectivity index (χ2n) is 4.43. The molecular weight excluding hydrogens is 214 g/mol. The minimum Gasteiger partial charge on any atom is -0.390 e. The number of amides is 1. The minimum absolute atomic E-state index is 0.170. The first-order chi connectivity index (χ1) is 8.27. The van der Waals surface area contributed by atoms with E-state index in [4.69, 9.17) is 5.26 Å². The van der Waals surface area contributed by atoms with Crippen molar-refractivity contribution in [3.05, 3.63) is 11.8 Å². The molecule has 0 saturated heterocycles. The molecule has 0 bridgehead atoms. The minimum atomic E-state index is -0.247. The summed E-state index contributed by atoms with van der Waals surface area (Å²) in [7, 11) is 0. The Bertz CT molecular complexity index is 311. The third-order valence-electron chi connectivity index (χ3n) is 2.95. The number of nitrogens with one attached hydrogen (secondary N) is 2. The average molecular weight is 235 g/mol. The summed E-state index contributed by atoms with van der Waals surface area (Å²) in [5.74, 6) is -0.247. The van der Waals surface area contributed by atoms with E-state index in [2.05, 4.69) is 10.6 Å². The van der Waals surface area contributed by atoms with Crippen LogP contribution in [-0.2, 0) is 4.79 Å². The van der Waals surface area contributed by atoms with E-state index in [-0.39, 0.29) is 17.5 Å². The summed E-state index contributed by atoms with van der Waals surface area (Å²) in [4.78, 5) is 11.8. The highest BCUT2D eigenvalue weighted by Crippen LogP contribution is 2.17. The number of nitriles is 1. The summed E-state index contributed by atoms with van der Waals surface area (Å²) in [5.41, 5.74) is 0.170. The van der Waals surface area contributed by atoms with E-state index in [0.717, 1.165) is 25.8 Å². The van der Waals surface area contributed by atoms with Crippen molar-refractivity contribution in [2.24, 2.45) is 0 Å². The molecule has 0 unspecified atom stereocenters. The maximum absolute atomic E-state index is 11.8. The Labute approximate surface area is 103 Å². The van der Waals surface area contributed by atoms with Gasteiger partial charge in [0.2, 0.25) is 0 Å². The summed E-state index contributed by atoms with van der Waals surface area (Å²) >= 11 is 0. The summed E-state index contributed by atoms with van der Waals surface area (Å²) in [6, 6.07) is 2.19. The lowest BCUT2D eigenvalue weighted by Crippen LogP contribution is -2.37. The second kappa shape index (κ2) is 7.72. The normalized spacial score (nSPS) is 17.3. The topological polar surface area (TPSA) is 64.9 Å². The molecule has 1 amide bonds. The fourth-order valence-electron chi connectivity index (χ4n) is 1.98. The Hall–Kier alpha value is -1.50. The van der Waals surface area contributed by atoms with Gasteiger partial charge in [-0.05, 0) is 19.3 Å². The van der Waals surface area contributed by atoms with Gasteiger partial charge in [-0.2, -0.15) is 5.26 Å². The van der Waals surface area contributed by atoms with Crippen molar-refractivity contribution in [2.45, 2.75) is 51.5 Å². The maximum atomic E-state index is 11.8. The Morgan fingerprint density at radius 3 is 2.71 bits per heavy atom. The molecule has 1 rings (SSSR count). The molecular formula is C13H21N3O. The van der Waals surface area contributed by atoms with Gasteiger partial charge in [0.05, 0.1) is 0 Å². The van der Waals surface area contributed by atoms with Gasteiger partial charge in [-0.15, -0.1) is 0 Å². The lowest BCUT2D eigenvalue weighted by atomic mass is 9.95. The van der Waals surface area contributed by atoms with Crippen LogP contribution >= 0.6 is 0 Å². The van der Waals surface area contributed by atoms with E-state index < -0.39 is 0 Å². The van der Waals surface area contributed by atoms with Crippen LogP contribution in [0.25, 0.3) is 0 Å². The first kappa shape index (κ1) is 13.6. The predicted molar refractivity (Wildman–Crippen MR) is 67.0 cm³/mol. The number of hydrogen-bond acceptors (Lipinski definition) is 3. The largest absolute Gasteiger partial charge is 0.390 e. The maximum Gasteiger partial charge on any atom is 0.263 e. The van der Waals surface area contributed by atoms with Crippen molar-refractivity contribution in [3.8, 4) is 6.07 Å². The quantitative estimate of drug-likeness (QED) is 0.434. The van der Waals surface area contributed by atoms with E-state index in [1.54, 1.807) is 0 Å². The lowest BCUT2D eigenvalue weighted by Gasteiger charge is -2.22. The second-order valence-corrected chi connectivity index (χ2v) is 4.43. The van der Waals surface area contributed by atoms with E-state index in [9.17, 15) is 4.79 Å². The van der Waals surface area contributed by atoms with Crippen LogP contribution in [0.15, 0.2) is 11.8 Å². The summed E-state index contributed by atoms with van der Waals surface area (Å²) in [6.07, 6.45) is 8.15. The summed E-state index contributed by atoms with van der Waals surface area (Å²) in [5, 5.41) is 14.8. The monoisotopic (exact) mass is 235 g/mol. The standard InChI is InChI=1S/C13H21N3O/c1-2-8-15-10-11(9-14)13(17)16-12-6-4-3-5-7-12/h10,12,15H,2-8H2,1H3,(H,16,17)/b11-10-. The van der Waals surface area contributed by atoms with Gasteiger partial charge in [-0.25, -0.2) is 0 Å². The molecule has 1 aliphatic rings. The van der Waals surface area contributed by atoms with E-state index in [1.165, 1.54) is 25.5 Å². The molecule has 1 saturated carbocycles. The van der Waals surface area contributed by atoms with Gasteiger partial charge in [0.15, 0.2) is 0 Å². The van der Waals surface area contributed by atoms with Gasteiger partial charge in [-0.3, -0.25) is 4.79 Å². The molecule has 0 aromatic heterocycles. The average Bonchev–Trinajstić information content (AvgIpc) is 2.36. The summed E-state index contributed by atoms with van der Waals surface area (Å²) in [6.45, 7) is 2.82. The highest BCUT2D eigenvalue weighted by atomic mass is 16.1. The molecule has 0 aromatic carbocycles. The molecule has 1 aliphatic carbocycles. The number of carbonyl (C=O) groups is 1. The van der Waals surface area contributed by atoms with Crippen LogP contribution in [0.1, 0.15) is 45.4 Å². The van der Waals surface area contributed by atoms with E-state index in [0.29, 0.717) is 0 Å². The number of carbonyl (C=O) groups excluding carboxylic acids is 1. The first-order valence-electron chi connectivity index (χ1n) is 6.42. The fraction of sp³-hybridized carbons (Fsp3) is 0.692. The lowest BCUT2D eigenvalue weighted by molar-refractivity contribution is -0.118. The number of rotatable bonds is 5. The zero-order valence-corrected chi connectivity index (χ0v) is 10.5. The third kappa shape index (κ3) is 4.90. The van der Waals surface area contributed by atoms with Gasteiger partial charge >= 0.3 is 0 Å². The zero-order chi connectivity index (χ0) is 12.5. The molecule has 1 fully saturated rings. The number of nitrogens with zero attached hydrogens (tertiary/aromatic N) is 1. The SMILES string of the molecule is CCCN/C=C(/C#N)C(=O)NC1CCCCC1. The Balaban J connectivity index is 2.43. The van der Waals surface area contributed by atoms with Gasteiger partial charge in [0.25, 0.3) is 5.91 Å². The molecule has 0 heterocycles. The predicted octanol–water partition coefficient (Wildman–Crippen LogP) is 1.84. The van der Waals surface area contributed by atoms with Gasteiger partial charge < -0.3 is 10.6 Å². The van der Waals surface area contributed by atoms with Crippen LogP contribution in [0, 0.1) is 11.3 Å². The molecule has 0 spiro atoms.